The third-order valence-electron chi connectivity index (χ3n) is 3.55. The van der Waals surface area contributed by atoms with Crippen molar-refractivity contribution in [2.45, 2.75) is 65.2 Å². The Balaban J connectivity index is 2.02. The van der Waals surface area contributed by atoms with Crippen LogP contribution in [0.3, 0.4) is 0 Å². The molecule has 0 radical (unpaired) electrons. The minimum absolute atomic E-state index is 0.382. The number of amides is 1. The highest BCUT2D eigenvalue weighted by molar-refractivity contribution is 5.77. The van der Waals surface area contributed by atoms with E-state index < -0.39 is 0 Å². The Labute approximate surface area is 100 Å². The van der Waals surface area contributed by atoms with Gasteiger partial charge < -0.3 is 4.90 Å². The molecule has 1 saturated heterocycles. The molecule has 0 bridgehead atoms. The minimum Gasteiger partial charge on any atom is -0.343 e. The van der Waals surface area contributed by atoms with Crippen LogP contribution in [0.15, 0.2) is 0 Å². The van der Waals surface area contributed by atoms with Gasteiger partial charge in [-0.05, 0) is 18.8 Å². The van der Waals surface area contributed by atoms with Crippen LogP contribution >= 0.6 is 0 Å². The van der Waals surface area contributed by atoms with Crippen molar-refractivity contribution >= 4 is 5.91 Å². The Morgan fingerprint density at radius 2 is 1.88 bits per heavy atom. The summed E-state index contributed by atoms with van der Waals surface area (Å²) in [6, 6.07) is 0. The van der Waals surface area contributed by atoms with E-state index in [0.29, 0.717) is 11.8 Å². The molecule has 1 atom stereocenters. The zero-order valence-corrected chi connectivity index (χ0v) is 11.0. The lowest BCUT2D eigenvalue weighted by Crippen LogP contribution is -2.38. The van der Waals surface area contributed by atoms with Crippen molar-refractivity contribution < 1.29 is 4.79 Å². The van der Waals surface area contributed by atoms with E-state index in [1.54, 1.807) is 0 Å². The maximum Gasteiger partial charge on any atom is 0.222 e. The Bertz CT molecular complexity index is 203. The predicted molar refractivity (Wildman–Crippen MR) is 68.4 cm³/mol. The molecule has 0 aromatic rings. The molecular weight excluding hydrogens is 198 g/mol. The summed E-state index contributed by atoms with van der Waals surface area (Å²) < 4.78 is 0. The first-order valence-corrected chi connectivity index (χ1v) is 7.01. The normalized spacial score (nSPS) is 21.5. The first kappa shape index (κ1) is 13.5. The number of unbranched alkanes of at least 4 members (excludes halogenated alkanes) is 5. The van der Waals surface area contributed by atoms with Crippen LogP contribution in [0.5, 0.6) is 0 Å². The van der Waals surface area contributed by atoms with Gasteiger partial charge in [-0.3, -0.25) is 4.79 Å². The molecule has 2 heteroatoms. The maximum atomic E-state index is 11.7. The molecule has 0 aromatic carbocycles. The van der Waals surface area contributed by atoms with Gasteiger partial charge in [-0.2, -0.15) is 0 Å². The molecule has 0 spiro atoms. The molecule has 1 fully saturated rings. The largest absolute Gasteiger partial charge is 0.343 e. The van der Waals surface area contributed by atoms with Crippen LogP contribution < -0.4 is 0 Å². The van der Waals surface area contributed by atoms with Crippen LogP contribution in [0.25, 0.3) is 0 Å². The fraction of sp³-hybridized carbons (Fsp3) is 0.929. The zero-order chi connectivity index (χ0) is 11.8. The number of hydrogen-bond donors (Lipinski definition) is 0. The van der Waals surface area contributed by atoms with Crippen molar-refractivity contribution in [1.29, 1.82) is 0 Å². The average molecular weight is 225 g/mol. The summed E-state index contributed by atoms with van der Waals surface area (Å²) in [5.74, 6) is 0.987. The van der Waals surface area contributed by atoms with Crippen LogP contribution in [-0.2, 0) is 4.79 Å². The minimum atomic E-state index is 0.382. The Hall–Kier alpha value is -0.530. The molecule has 0 N–H and O–H groups in total. The lowest BCUT2D eigenvalue weighted by atomic mass is 9.98. The molecule has 1 aliphatic rings. The summed E-state index contributed by atoms with van der Waals surface area (Å²) in [6.07, 6.45) is 9.83. The fourth-order valence-electron chi connectivity index (χ4n) is 2.35. The van der Waals surface area contributed by atoms with Gasteiger partial charge in [0.15, 0.2) is 0 Å². The van der Waals surface area contributed by atoms with Gasteiger partial charge in [0.1, 0.15) is 0 Å². The Morgan fingerprint density at radius 3 is 2.56 bits per heavy atom. The first-order valence-electron chi connectivity index (χ1n) is 7.01. The van der Waals surface area contributed by atoms with E-state index in [4.69, 9.17) is 0 Å². The molecule has 2 nitrogen and oxygen atoms in total. The molecule has 94 valence electrons. The highest BCUT2D eigenvalue weighted by atomic mass is 16.2. The SMILES string of the molecule is CCCCCCCCN1CCC(C)CC1=O. The monoisotopic (exact) mass is 225 g/mol. The summed E-state index contributed by atoms with van der Waals surface area (Å²) in [7, 11) is 0. The highest BCUT2D eigenvalue weighted by Crippen LogP contribution is 2.18. The van der Waals surface area contributed by atoms with Gasteiger partial charge in [-0.15, -0.1) is 0 Å². The van der Waals surface area contributed by atoms with Gasteiger partial charge in [0, 0.05) is 19.5 Å². The smallest absolute Gasteiger partial charge is 0.222 e. The van der Waals surface area contributed by atoms with Crippen molar-refractivity contribution in [2.24, 2.45) is 5.92 Å². The second kappa shape index (κ2) is 7.70. The van der Waals surface area contributed by atoms with E-state index >= 15 is 0 Å². The van der Waals surface area contributed by atoms with Crippen LogP contribution in [-0.4, -0.2) is 23.9 Å². The predicted octanol–water partition coefficient (Wildman–Crippen LogP) is 3.61. The van der Waals surface area contributed by atoms with Crippen molar-refractivity contribution in [3.63, 3.8) is 0 Å². The van der Waals surface area contributed by atoms with Crippen LogP contribution in [0.1, 0.15) is 65.2 Å². The van der Waals surface area contributed by atoms with Crippen molar-refractivity contribution in [3.05, 3.63) is 0 Å². The third kappa shape index (κ3) is 5.00. The molecule has 0 aliphatic carbocycles. The average Bonchev–Trinajstić information content (AvgIpc) is 2.26. The molecule has 1 aliphatic heterocycles. The topological polar surface area (TPSA) is 20.3 Å². The Morgan fingerprint density at radius 1 is 1.19 bits per heavy atom. The van der Waals surface area contributed by atoms with E-state index in [-0.39, 0.29) is 0 Å². The number of carbonyl (C=O) groups is 1. The molecule has 1 amide bonds. The fourth-order valence-corrected chi connectivity index (χ4v) is 2.35. The number of carbonyl (C=O) groups excluding carboxylic acids is 1. The van der Waals surface area contributed by atoms with Crippen molar-refractivity contribution in [3.8, 4) is 0 Å². The van der Waals surface area contributed by atoms with E-state index in [0.717, 1.165) is 19.5 Å². The van der Waals surface area contributed by atoms with Gasteiger partial charge in [0.2, 0.25) is 5.91 Å². The number of hydrogen-bond acceptors (Lipinski definition) is 1. The highest BCUT2D eigenvalue weighted by Gasteiger charge is 2.21. The quantitative estimate of drug-likeness (QED) is 0.606. The molecule has 0 saturated carbocycles. The summed E-state index contributed by atoms with van der Waals surface area (Å²) in [5.41, 5.74) is 0. The van der Waals surface area contributed by atoms with E-state index in [9.17, 15) is 4.79 Å². The summed E-state index contributed by atoms with van der Waals surface area (Å²) >= 11 is 0. The summed E-state index contributed by atoms with van der Waals surface area (Å²) in [6.45, 7) is 6.42. The lowest BCUT2D eigenvalue weighted by molar-refractivity contribution is -0.134. The van der Waals surface area contributed by atoms with Crippen molar-refractivity contribution in [1.82, 2.24) is 4.90 Å². The van der Waals surface area contributed by atoms with Gasteiger partial charge in [0.25, 0.3) is 0 Å². The first-order chi connectivity index (χ1) is 7.74. The van der Waals surface area contributed by atoms with E-state index in [1.807, 2.05) is 0 Å². The van der Waals surface area contributed by atoms with Gasteiger partial charge in [0.05, 0.1) is 0 Å². The second-order valence-electron chi connectivity index (χ2n) is 5.25. The summed E-state index contributed by atoms with van der Waals surface area (Å²) in [4.78, 5) is 13.8. The molecule has 1 rings (SSSR count). The van der Waals surface area contributed by atoms with E-state index in [2.05, 4.69) is 18.7 Å². The van der Waals surface area contributed by atoms with Crippen molar-refractivity contribution in [2.75, 3.05) is 13.1 Å². The molecular formula is C14H27NO. The van der Waals surface area contributed by atoms with Crippen LogP contribution in [0.4, 0.5) is 0 Å². The number of likely N-dealkylation sites (tertiary alicyclic amines) is 1. The molecule has 16 heavy (non-hydrogen) atoms. The molecule has 0 aromatic heterocycles. The number of nitrogens with zero attached hydrogens (tertiary/aromatic N) is 1. The maximum absolute atomic E-state index is 11.7. The van der Waals surface area contributed by atoms with Gasteiger partial charge in [-0.1, -0.05) is 46.0 Å². The molecule has 1 unspecified atom stereocenters. The standard InChI is InChI=1S/C14H27NO/c1-3-4-5-6-7-8-10-15-11-9-13(2)12-14(15)16/h13H,3-12H2,1-2H3. The van der Waals surface area contributed by atoms with E-state index in [1.165, 1.54) is 44.9 Å². The van der Waals surface area contributed by atoms with Gasteiger partial charge >= 0.3 is 0 Å². The van der Waals surface area contributed by atoms with Crippen LogP contribution in [0.2, 0.25) is 0 Å². The number of rotatable bonds is 7. The zero-order valence-electron chi connectivity index (χ0n) is 11.0. The Kier molecular flexibility index (Phi) is 6.51. The number of piperidine rings is 1. The third-order valence-corrected chi connectivity index (χ3v) is 3.55. The second-order valence-corrected chi connectivity index (χ2v) is 5.25. The molecule has 1 heterocycles. The lowest BCUT2D eigenvalue weighted by Gasteiger charge is -2.30. The van der Waals surface area contributed by atoms with Gasteiger partial charge in [-0.25, -0.2) is 0 Å². The summed E-state index contributed by atoms with van der Waals surface area (Å²) in [5, 5.41) is 0. The van der Waals surface area contributed by atoms with Crippen LogP contribution in [0, 0.1) is 5.92 Å².